The molecule has 3 N–H and O–H groups in total. The van der Waals surface area contributed by atoms with E-state index < -0.39 is 24.1 Å². The van der Waals surface area contributed by atoms with E-state index in [4.69, 9.17) is 51.7 Å². The van der Waals surface area contributed by atoms with Gasteiger partial charge < -0.3 is 44.1 Å². The molecule has 364 valence electrons. The Kier molecular flexibility index (Phi) is 17.4. The highest BCUT2D eigenvalue weighted by Crippen LogP contribution is 2.40. The molecule has 17 nitrogen and oxygen atoms in total. The summed E-state index contributed by atoms with van der Waals surface area (Å²) in [4.78, 5) is 48.3. The monoisotopic (exact) mass is 992 g/mol. The number of likely N-dealkylation sites (tertiary alicyclic amines) is 1. The summed E-state index contributed by atoms with van der Waals surface area (Å²) in [5.41, 5.74) is 5.16. The normalized spacial score (nSPS) is 17.1. The molecule has 2 aliphatic rings. The van der Waals surface area contributed by atoms with Crippen molar-refractivity contribution in [1.82, 2.24) is 35.5 Å². The number of hydrogen-bond donors (Lipinski definition) is 3. The van der Waals surface area contributed by atoms with Gasteiger partial charge in [0.05, 0.1) is 63.6 Å². The van der Waals surface area contributed by atoms with E-state index in [1.807, 2.05) is 49.6 Å². The molecule has 68 heavy (non-hydrogen) atoms. The van der Waals surface area contributed by atoms with E-state index in [0.717, 1.165) is 33.2 Å². The highest BCUT2D eigenvalue weighted by atomic mass is 35.5. The largest absolute Gasteiger partial charge is 0.491 e. The molecule has 2 aliphatic heterocycles. The van der Waals surface area contributed by atoms with Crippen molar-refractivity contribution in [3.63, 3.8) is 0 Å². The number of thiophene rings is 1. The van der Waals surface area contributed by atoms with E-state index in [1.54, 1.807) is 42.5 Å². The Morgan fingerprint density at radius 1 is 0.897 bits per heavy atom. The number of benzene rings is 2. The number of aromatic nitrogens is 4. The number of hydrogen-bond acceptors (Lipinski definition) is 14. The summed E-state index contributed by atoms with van der Waals surface area (Å²) < 4.78 is 30.5. The van der Waals surface area contributed by atoms with Crippen LogP contribution in [0.5, 0.6) is 5.75 Å². The van der Waals surface area contributed by atoms with Crippen molar-refractivity contribution in [2.45, 2.75) is 85.0 Å². The zero-order valence-electron chi connectivity index (χ0n) is 39.1. The number of carbonyl (C=O) groups excluding carboxylic acids is 3. The second kappa shape index (κ2) is 23.4. The number of aryl methyl sites for hydroxylation is 3. The zero-order valence-corrected chi connectivity index (χ0v) is 41.4. The quantitative estimate of drug-likeness (QED) is 0.0645. The van der Waals surface area contributed by atoms with Crippen LogP contribution in [0.2, 0.25) is 10.0 Å². The fourth-order valence-electron chi connectivity index (χ4n) is 8.25. The number of fused-ring (bicyclic) bond motifs is 3. The Balaban J connectivity index is 0.785. The van der Waals surface area contributed by atoms with Gasteiger partial charge in [-0.3, -0.25) is 23.9 Å². The molecule has 3 amide bonds. The van der Waals surface area contributed by atoms with Gasteiger partial charge in [-0.25, -0.2) is 0 Å². The van der Waals surface area contributed by atoms with Gasteiger partial charge in [0.2, 0.25) is 17.7 Å². The predicted octanol–water partition coefficient (Wildman–Crippen LogP) is 6.40. The molecular weight excluding hydrogens is 936 g/mol. The third-order valence-electron chi connectivity index (χ3n) is 11.8. The molecule has 1 fully saturated rings. The Morgan fingerprint density at radius 2 is 1.59 bits per heavy atom. The maximum atomic E-state index is 13.8. The number of rotatable bonds is 22. The number of ether oxygens (including phenoxy) is 4. The lowest BCUT2D eigenvalue weighted by Crippen LogP contribution is -2.48. The lowest BCUT2D eigenvalue weighted by Gasteiger charge is -2.28. The van der Waals surface area contributed by atoms with E-state index in [0.29, 0.717) is 78.2 Å². The van der Waals surface area contributed by atoms with Crippen molar-refractivity contribution >= 4 is 58.0 Å². The van der Waals surface area contributed by atoms with Crippen molar-refractivity contribution < 1.29 is 43.0 Å². The smallest absolute Gasteiger partial charge is 0.243 e. The molecule has 0 aliphatic carbocycles. The number of nitrogens with one attached hydrogen (secondary N) is 2. The van der Waals surface area contributed by atoms with Gasteiger partial charge in [-0.05, 0) is 63.4 Å². The van der Waals surface area contributed by atoms with Gasteiger partial charge in [0.25, 0.3) is 0 Å². The van der Waals surface area contributed by atoms with E-state index in [-0.39, 0.29) is 62.8 Å². The molecule has 4 atom stereocenters. The van der Waals surface area contributed by atoms with Gasteiger partial charge in [-0.15, -0.1) is 21.5 Å². The van der Waals surface area contributed by atoms with Crippen molar-refractivity contribution in [2.75, 3.05) is 59.3 Å². The summed E-state index contributed by atoms with van der Waals surface area (Å²) in [6.45, 7) is 14.3. The van der Waals surface area contributed by atoms with Crippen LogP contribution in [0.3, 0.4) is 0 Å². The van der Waals surface area contributed by atoms with Crippen molar-refractivity contribution in [1.29, 1.82) is 0 Å². The molecule has 1 saturated heterocycles. The summed E-state index contributed by atoms with van der Waals surface area (Å²) in [7, 11) is 0. The van der Waals surface area contributed by atoms with Gasteiger partial charge >= 0.3 is 0 Å². The first-order chi connectivity index (χ1) is 32.7. The van der Waals surface area contributed by atoms with Crippen LogP contribution in [-0.2, 0) is 35.1 Å². The summed E-state index contributed by atoms with van der Waals surface area (Å²) in [6, 6.07) is 13.0. The Morgan fingerprint density at radius 3 is 2.28 bits per heavy atom. The van der Waals surface area contributed by atoms with Crippen LogP contribution >= 0.6 is 34.5 Å². The van der Waals surface area contributed by atoms with Crippen molar-refractivity contribution in [3.05, 3.63) is 109 Å². The minimum absolute atomic E-state index is 0.0413. The lowest BCUT2D eigenvalue weighted by atomic mass is 9.91. The molecule has 5 heterocycles. The highest BCUT2D eigenvalue weighted by Gasteiger charge is 2.43. The van der Waals surface area contributed by atoms with Gasteiger partial charge in [0.1, 0.15) is 46.9 Å². The second-order valence-corrected chi connectivity index (χ2v) is 19.2. The van der Waals surface area contributed by atoms with E-state index >= 15 is 0 Å². The van der Waals surface area contributed by atoms with Crippen LogP contribution in [0.1, 0.15) is 88.9 Å². The standard InChI is InChI=1S/C48H58Cl2N8O9S/c1-27(2)42(40-21-28(3)56-67-40)47(62)57-26-36(59)23-38(57)46(61)52-25-33-9-12-35(50)22-39(33)66-20-19-65-18-17-64-16-15-63-14-13-51-41(60)24-37-45-55-54-31(6)58(45)48-43(29(4)30(5)68-48)44(53-37)32-7-10-34(49)11-8-32/h7-12,21-22,27,36-38,42,59H,13-20,23-26H2,1-6H3,(H,51,60)(H,52,61)/t36-,37?,38+,42?/m1/s1. The SMILES string of the molecule is Cc1cc(C(C(=O)N2C[C@H](O)C[C@H]2C(=O)NCc2ccc(Cl)cc2OCCOCCOCCOCCNC(=O)CC2N=C(c3ccc(Cl)cc3)c3c(sc(C)c3C)-n3c(C)nnc32)C(C)C)on1. The fraction of sp³-hybridized carbons (Fsp3) is 0.479. The van der Waals surface area contributed by atoms with Gasteiger partial charge in [0, 0.05) is 63.7 Å². The highest BCUT2D eigenvalue weighted by molar-refractivity contribution is 7.15. The van der Waals surface area contributed by atoms with Crippen molar-refractivity contribution in [2.24, 2.45) is 10.9 Å². The molecule has 3 aromatic heterocycles. The Labute approximate surface area is 409 Å². The summed E-state index contributed by atoms with van der Waals surface area (Å²) in [5.74, 6) is 0.610. The minimum Gasteiger partial charge on any atom is -0.491 e. The first-order valence-corrected chi connectivity index (χ1v) is 24.2. The van der Waals surface area contributed by atoms with Crippen molar-refractivity contribution in [3.8, 4) is 10.8 Å². The molecule has 0 radical (unpaired) electrons. The number of aliphatic hydroxyl groups excluding tert-OH is 1. The molecule has 0 saturated carbocycles. The Hall–Kier alpha value is -5.21. The van der Waals surface area contributed by atoms with Crippen LogP contribution in [0.25, 0.3) is 5.00 Å². The van der Waals surface area contributed by atoms with Crippen LogP contribution in [0, 0.1) is 33.6 Å². The third kappa shape index (κ3) is 12.3. The lowest BCUT2D eigenvalue weighted by molar-refractivity contribution is -0.141. The van der Waals surface area contributed by atoms with Crippen LogP contribution in [-0.4, -0.2) is 125 Å². The maximum absolute atomic E-state index is 13.8. The first-order valence-electron chi connectivity index (χ1n) is 22.7. The number of aliphatic hydroxyl groups is 1. The molecule has 0 spiro atoms. The number of halogens is 2. The van der Waals surface area contributed by atoms with Gasteiger partial charge in [-0.1, -0.05) is 60.4 Å². The van der Waals surface area contributed by atoms with Crippen LogP contribution < -0.4 is 15.4 Å². The third-order valence-corrected chi connectivity index (χ3v) is 13.4. The number of amides is 3. The molecular formula is C48H58Cl2N8O9S. The molecule has 7 rings (SSSR count). The average Bonchev–Trinajstić information content (AvgIpc) is 4.07. The molecule has 20 heteroatoms. The van der Waals surface area contributed by atoms with Crippen LogP contribution in [0.15, 0.2) is 58.0 Å². The number of β-amino-alcohol motifs (C(OH)–C–C–N with tert-alkyl or cyclic N) is 1. The van der Waals surface area contributed by atoms with E-state index in [9.17, 15) is 19.5 Å². The molecule has 2 unspecified atom stereocenters. The van der Waals surface area contributed by atoms with Gasteiger partial charge in [-0.2, -0.15) is 0 Å². The first kappa shape index (κ1) is 50.7. The molecule has 2 aromatic carbocycles. The fourth-order valence-corrected chi connectivity index (χ4v) is 9.76. The average molecular weight is 994 g/mol. The number of nitrogens with zero attached hydrogens (tertiary/aromatic N) is 6. The van der Waals surface area contributed by atoms with E-state index in [2.05, 4.69) is 39.8 Å². The number of aliphatic imine (C=N–C) groups is 1. The zero-order chi connectivity index (χ0) is 48.5. The molecule has 0 bridgehead atoms. The molecule has 5 aromatic rings. The van der Waals surface area contributed by atoms with Crippen LogP contribution in [0.4, 0.5) is 0 Å². The number of carbonyl (C=O) groups is 3. The topological polar surface area (TPSA) is 205 Å². The second-order valence-electron chi connectivity index (χ2n) is 17.1. The van der Waals surface area contributed by atoms with Gasteiger partial charge in [0.15, 0.2) is 5.82 Å². The minimum atomic E-state index is -0.857. The summed E-state index contributed by atoms with van der Waals surface area (Å²) in [6.07, 6.45) is -0.640. The van der Waals surface area contributed by atoms with E-state index in [1.165, 1.54) is 9.78 Å². The Bertz CT molecular complexity index is 2580. The summed E-state index contributed by atoms with van der Waals surface area (Å²) in [5, 5.41) is 31.2. The maximum Gasteiger partial charge on any atom is 0.243 e. The summed E-state index contributed by atoms with van der Waals surface area (Å²) >= 11 is 14.2. The predicted molar refractivity (Wildman–Crippen MR) is 257 cm³/mol.